The molecule has 0 radical (unpaired) electrons. The highest BCUT2D eigenvalue weighted by Crippen LogP contribution is 2.22. The molecule has 1 amide bonds. The predicted octanol–water partition coefficient (Wildman–Crippen LogP) is 4.24. The number of nitrogens with one attached hydrogen (secondary N) is 1. The first kappa shape index (κ1) is 18.5. The summed E-state index contributed by atoms with van der Waals surface area (Å²) in [5, 5.41) is 2.64. The smallest absolute Gasteiger partial charge is 0.227 e. The van der Waals surface area contributed by atoms with Crippen LogP contribution in [-0.2, 0) is 16.0 Å². The van der Waals surface area contributed by atoms with Gasteiger partial charge in [0, 0.05) is 18.4 Å². The minimum atomic E-state index is -0.821. The maximum absolute atomic E-state index is 13.9. The van der Waals surface area contributed by atoms with Gasteiger partial charge in [-0.3, -0.25) is 4.79 Å². The molecule has 0 unspecified atom stereocenters. The molecule has 0 atom stereocenters. The summed E-state index contributed by atoms with van der Waals surface area (Å²) in [7, 11) is 0. The molecule has 0 fully saturated rings. The molecule has 1 rings (SSSR count). The van der Waals surface area contributed by atoms with Crippen molar-refractivity contribution in [3.8, 4) is 0 Å². The average Bonchev–Trinajstić information content (AvgIpc) is 2.32. The second-order valence-corrected chi connectivity index (χ2v) is 6.79. The fraction of sp³-hybridized carbons (Fsp3) is 0.500. The summed E-state index contributed by atoms with van der Waals surface area (Å²) in [6.07, 6.45) is 0.0310. The molecule has 1 aromatic rings. The van der Waals surface area contributed by atoms with Gasteiger partial charge in [0.25, 0.3) is 0 Å². The first-order valence-electron chi connectivity index (χ1n) is 7.00. The Labute approximate surface area is 135 Å². The fourth-order valence-electron chi connectivity index (χ4n) is 1.64. The zero-order chi connectivity index (χ0) is 17.1. The van der Waals surface area contributed by atoms with Gasteiger partial charge < -0.3 is 10.1 Å². The predicted molar refractivity (Wildman–Crippen MR) is 87.0 cm³/mol. The Kier molecular flexibility index (Phi) is 6.00. The van der Waals surface area contributed by atoms with E-state index in [1.165, 1.54) is 6.07 Å². The summed E-state index contributed by atoms with van der Waals surface area (Å²) >= 11 is 5.08. The Balaban J connectivity index is 2.96. The van der Waals surface area contributed by atoms with Crippen LogP contribution in [0.2, 0.25) is 0 Å². The van der Waals surface area contributed by atoms with Gasteiger partial charge in [0.1, 0.15) is 17.2 Å². The van der Waals surface area contributed by atoms with Gasteiger partial charge in [-0.1, -0.05) is 13.8 Å². The van der Waals surface area contributed by atoms with Crippen LogP contribution in [0.25, 0.3) is 0 Å². The molecule has 22 heavy (non-hydrogen) atoms. The van der Waals surface area contributed by atoms with Gasteiger partial charge >= 0.3 is 0 Å². The van der Waals surface area contributed by atoms with Crippen molar-refractivity contribution >= 4 is 28.9 Å². The first-order valence-corrected chi connectivity index (χ1v) is 7.41. The van der Waals surface area contributed by atoms with Crippen LogP contribution in [0.4, 0.5) is 14.5 Å². The molecular formula is C16H21F2NO2S. The average molecular weight is 329 g/mol. The number of amides is 1. The van der Waals surface area contributed by atoms with E-state index in [0.717, 1.165) is 6.07 Å². The van der Waals surface area contributed by atoms with Crippen LogP contribution >= 0.6 is 12.2 Å². The Bertz CT molecular complexity index is 580. The third kappa shape index (κ3) is 5.67. The molecule has 0 saturated carbocycles. The molecular weight excluding hydrogens is 308 g/mol. The normalized spacial score (nSPS) is 11.5. The lowest BCUT2D eigenvalue weighted by Crippen LogP contribution is -2.24. The number of thiocarbonyl (C=S) groups is 1. The Morgan fingerprint density at radius 1 is 1.27 bits per heavy atom. The molecule has 122 valence electrons. The second-order valence-electron chi connectivity index (χ2n) is 6.33. The highest BCUT2D eigenvalue weighted by molar-refractivity contribution is 7.80. The maximum Gasteiger partial charge on any atom is 0.227 e. The maximum atomic E-state index is 13.9. The van der Waals surface area contributed by atoms with Gasteiger partial charge in [-0.05, 0) is 44.6 Å². The van der Waals surface area contributed by atoms with E-state index in [0.29, 0.717) is 0 Å². The second kappa shape index (κ2) is 7.13. The molecule has 1 N–H and O–H groups in total. The number of ether oxygens (including phenoxy) is 1. The molecule has 0 saturated heterocycles. The molecule has 0 aliphatic heterocycles. The SMILES string of the molecule is CC(C)C(=O)Nc1cc(CC(=S)OC(C)(C)C)c(F)cc1F. The Hall–Kier alpha value is -1.56. The largest absolute Gasteiger partial charge is 0.481 e. The summed E-state index contributed by atoms with van der Waals surface area (Å²) in [5.74, 6) is -2.19. The van der Waals surface area contributed by atoms with Crippen LogP contribution in [0, 0.1) is 17.6 Å². The van der Waals surface area contributed by atoms with Gasteiger partial charge in [0.2, 0.25) is 5.91 Å². The number of carbonyl (C=O) groups is 1. The number of halogens is 2. The third-order valence-electron chi connectivity index (χ3n) is 2.67. The van der Waals surface area contributed by atoms with E-state index in [1.54, 1.807) is 13.8 Å². The van der Waals surface area contributed by atoms with Crippen LogP contribution in [0.5, 0.6) is 0 Å². The first-order chi connectivity index (χ1) is 9.99. The van der Waals surface area contributed by atoms with E-state index in [-0.39, 0.29) is 34.5 Å². The van der Waals surface area contributed by atoms with Crippen molar-refractivity contribution in [2.75, 3.05) is 5.32 Å². The molecule has 0 heterocycles. The van der Waals surface area contributed by atoms with E-state index in [2.05, 4.69) is 5.32 Å². The number of hydrogen-bond acceptors (Lipinski definition) is 3. The highest BCUT2D eigenvalue weighted by Gasteiger charge is 2.18. The summed E-state index contributed by atoms with van der Waals surface area (Å²) < 4.78 is 33.1. The lowest BCUT2D eigenvalue weighted by Gasteiger charge is -2.22. The topological polar surface area (TPSA) is 38.3 Å². The minimum absolute atomic E-state index is 0.0310. The lowest BCUT2D eigenvalue weighted by atomic mass is 10.1. The fourth-order valence-corrected chi connectivity index (χ4v) is 2.04. The molecule has 0 spiro atoms. The number of carbonyl (C=O) groups excluding carboxylic acids is 1. The quantitative estimate of drug-likeness (QED) is 0.840. The molecule has 3 nitrogen and oxygen atoms in total. The minimum Gasteiger partial charge on any atom is -0.481 e. The van der Waals surface area contributed by atoms with Gasteiger partial charge in [0.15, 0.2) is 5.05 Å². The van der Waals surface area contributed by atoms with E-state index < -0.39 is 17.2 Å². The van der Waals surface area contributed by atoms with Crippen molar-refractivity contribution in [2.45, 2.75) is 46.6 Å². The molecule has 0 aliphatic carbocycles. The highest BCUT2D eigenvalue weighted by atomic mass is 32.1. The summed E-state index contributed by atoms with van der Waals surface area (Å²) in [4.78, 5) is 11.6. The molecule has 1 aromatic carbocycles. The van der Waals surface area contributed by atoms with Gasteiger partial charge in [0.05, 0.1) is 5.69 Å². The number of benzene rings is 1. The molecule has 0 aliphatic rings. The summed E-state index contributed by atoms with van der Waals surface area (Å²) in [6.45, 7) is 8.85. The van der Waals surface area contributed by atoms with E-state index in [4.69, 9.17) is 17.0 Å². The van der Waals surface area contributed by atoms with Crippen molar-refractivity contribution < 1.29 is 18.3 Å². The van der Waals surface area contributed by atoms with Crippen molar-refractivity contribution in [2.24, 2.45) is 5.92 Å². The van der Waals surface area contributed by atoms with E-state index >= 15 is 0 Å². The standard InChI is InChI=1S/C16H21F2NO2S/c1-9(2)15(20)19-13-6-10(11(17)8-12(13)18)7-14(22)21-16(3,4)5/h6,8-9H,7H2,1-5H3,(H,19,20). The third-order valence-corrected chi connectivity index (χ3v) is 2.90. The van der Waals surface area contributed by atoms with Crippen LogP contribution in [0.1, 0.15) is 40.2 Å². The molecule has 0 aromatic heterocycles. The lowest BCUT2D eigenvalue weighted by molar-refractivity contribution is -0.118. The number of hydrogen-bond donors (Lipinski definition) is 1. The van der Waals surface area contributed by atoms with Crippen LogP contribution in [0.3, 0.4) is 0 Å². The Morgan fingerprint density at radius 3 is 2.36 bits per heavy atom. The monoisotopic (exact) mass is 329 g/mol. The zero-order valence-electron chi connectivity index (χ0n) is 13.4. The van der Waals surface area contributed by atoms with E-state index in [9.17, 15) is 13.6 Å². The van der Waals surface area contributed by atoms with Crippen molar-refractivity contribution in [3.05, 3.63) is 29.3 Å². The summed E-state index contributed by atoms with van der Waals surface area (Å²) in [5.41, 5.74) is -0.370. The van der Waals surface area contributed by atoms with Gasteiger partial charge in [-0.2, -0.15) is 0 Å². The summed E-state index contributed by atoms with van der Waals surface area (Å²) in [6, 6.07) is 1.99. The Morgan fingerprint density at radius 2 is 1.86 bits per heavy atom. The van der Waals surface area contributed by atoms with Crippen molar-refractivity contribution in [3.63, 3.8) is 0 Å². The van der Waals surface area contributed by atoms with Gasteiger partial charge in [-0.25, -0.2) is 8.78 Å². The number of rotatable bonds is 4. The van der Waals surface area contributed by atoms with Crippen LogP contribution in [0.15, 0.2) is 12.1 Å². The molecule has 0 bridgehead atoms. The van der Waals surface area contributed by atoms with E-state index in [1.807, 2.05) is 20.8 Å². The van der Waals surface area contributed by atoms with Crippen molar-refractivity contribution in [1.29, 1.82) is 0 Å². The van der Waals surface area contributed by atoms with Crippen LogP contribution < -0.4 is 5.32 Å². The zero-order valence-corrected chi connectivity index (χ0v) is 14.2. The molecule has 6 heteroatoms. The van der Waals surface area contributed by atoms with Gasteiger partial charge in [-0.15, -0.1) is 0 Å². The van der Waals surface area contributed by atoms with Crippen molar-refractivity contribution in [1.82, 2.24) is 0 Å². The number of anilines is 1. The van der Waals surface area contributed by atoms with Crippen LogP contribution in [-0.4, -0.2) is 16.6 Å².